The molecule has 0 bridgehead atoms. The van der Waals surface area contributed by atoms with Gasteiger partial charge in [0.25, 0.3) is 5.56 Å². The van der Waals surface area contributed by atoms with E-state index in [9.17, 15) is 14.4 Å². The van der Waals surface area contributed by atoms with Gasteiger partial charge in [0.15, 0.2) is 0 Å². The van der Waals surface area contributed by atoms with Gasteiger partial charge in [0.05, 0.1) is 22.1 Å². The summed E-state index contributed by atoms with van der Waals surface area (Å²) in [6.07, 6.45) is 9.78. The van der Waals surface area contributed by atoms with Crippen LogP contribution in [0.5, 0.6) is 0 Å². The zero-order valence-corrected chi connectivity index (χ0v) is 23.9. The van der Waals surface area contributed by atoms with E-state index < -0.39 is 0 Å². The van der Waals surface area contributed by atoms with Gasteiger partial charge in [-0.2, -0.15) is 0 Å². The first kappa shape index (κ1) is 27.9. The SMILES string of the molecule is COCC(=O)N1CCC(C2(C)C=Cc3ncn(CC(=O)N(Cc4ccc(Cl)c(Cl)c4)C4CC4)c(=O)c3C2)CC1. The molecule has 208 valence electrons. The Morgan fingerprint density at radius 3 is 2.56 bits per heavy atom. The number of ether oxygens (including phenoxy) is 1. The highest BCUT2D eigenvalue weighted by Crippen LogP contribution is 2.42. The summed E-state index contributed by atoms with van der Waals surface area (Å²) in [5.74, 6) is 0.233. The number of hydrogen-bond acceptors (Lipinski definition) is 5. The lowest BCUT2D eigenvalue weighted by Crippen LogP contribution is -2.45. The number of aromatic nitrogens is 2. The van der Waals surface area contributed by atoms with E-state index in [0.717, 1.165) is 31.2 Å². The van der Waals surface area contributed by atoms with Crippen LogP contribution in [0.25, 0.3) is 6.08 Å². The quantitative estimate of drug-likeness (QED) is 0.473. The smallest absolute Gasteiger partial charge is 0.257 e. The summed E-state index contributed by atoms with van der Waals surface area (Å²) in [7, 11) is 1.53. The van der Waals surface area contributed by atoms with Crippen molar-refractivity contribution in [2.24, 2.45) is 11.3 Å². The number of likely N-dealkylation sites (tertiary alicyclic amines) is 1. The van der Waals surface area contributed by atoms with Gasteiger partial charge in [0.2, 0.25) is 11.8 Å². The van der Waals surface area contributed by atoms with E-state index in [1.165, 1.54) is 18.0 Å². The van der Waals surface area contributed by atoms with Gasteiger partial charge in [-0.05, 0) is 67.2 Å². The van der Waals surface area contributed by atoms with Crippen LogP contribution >= 0.6 is 23.2 Å². The van der Waals surface area contributed by atoms with Crippen LogP contribution in [0.15, 0.2) is 35.4 Å². The number of piperidine rings is 1. The highest BCUT2D eigenvalue weighted by atomic mass is 35.5. The second-order valence-corrected chi connectivity index (χ2v) is 12.0. The van der Waals surface area contributed by atoms with Gasteiger partial charge in [-0.25, -0.2) is 4.98 Å². The molecule has 0 radical (unpaired) electrons. The van der Waals surface area contributed by atoms with Gasteiger partial charge >= 0.3 is 0 Å². The maximum absolute atomic E-state index is 13.6. The average Bonchev–Trinajstić information content (AvgIpc) is 3.77. The third-order valence-electron chi connectivity index (χ3n) is 8.34. The van der Waals surface area contributed by atoms with E-state index >= 15 is 0 Å². The number of fused-ring (bicyclic) bond motifs is 1. The van der Waals surface area contributed by atoms with E-state index in [1.807, 2.05) is 21.9 Å². The molecule has 39 heavy (non-hydrogen) atoms. The molecule has 5 rings (SSSR count). The molecule has 0 spiro atoms. The molecule has 1 saturated carbocycles. The largest absolute Gasteiger partial charge is 0.375 e. The fraction of sp³-hybridized carbons (Fsp3) is 0.517. The minimum atomic E-state index is -0.221. The van der Waals surface area contributed by atoms with Crippen molar-refractivity contribution >= 4 is 41.1 Å². The molecule has 1 aromatic heterocycles. The molecule has 1 unspecified atom stereocenters. The fourth-order valence-electron chi connectivity index (χ4n) is 5.84. The summed E-state index contributed by atoms with van der Waals surface area (Å²) in [4.78, 5) is 47.4. The van der Waals surface area contributed by atoms with Crippen LogP contribution in [0.1, 0.15) is 49.4 Å². The van der Waals surface area contributed by atoms with Crippen LogP contribution in [-0.4, -0.2) is 64.0 Å². The van der Waals surface area contributed by atoms with Gasteiger partial charge in [0, 0.05) is 38.3 Å². The van der Waals surface area contributed by atoms with E-state index in [0.29, 0.717) is 53.3 Å². The fourth-order valence-corrected chi connectivity index (χ4v) is 6.16. The molecule has 1 saturated heterocycles. The van der Waals surface area contributed by atoms with Crippen LogP contribution in [0.3, 0.4) is 0 Å². The van der Waals surface area contributed by atoms with Gasteiger partial charge < -0.3 is 14.5 Å². The molecule has 1 atom stereocenters. The van der Waals surface area contributed by atoms with Gasteiger partial charge in [-0.1, -0.05) is 42.3 Å². The molecular formula is C29H34Cl2N4O4. The molecular weight excluding hydrogens is 539 g/mol. The van der Waals surface area contributed by atoms with Crippen LogP contribution in [0.4, 0.5) is 0 Å². The Kier molecular flexibility index (Phi) is 8.17. The number of nitrogens with zero attached hydrogens (tertiary/aromatic N) is 4. The number of amides is 2. The highest BCUT2D eigenvalue weighted by Gasteiger charge is 2.39. The van der Waals surface area contributed by atoms with E-state index in [-0.39, 0.29) is 42.0 Å². The van der Waals surface area contributed by atoms with Crippen molar-refractivity contribution in [1.29, 1.82) is 0 Å². The zero-order valence-electron chi connectivity index (χ0n) is 22.4. The summed E-state index contributed by atoms with van der Waals surface area (Å²) < 4.78 is 6.44. The van der Waals surface area contributed by atoms with E-state index in [2.05, 4.69) is 18.0 Å². The van der Waals surface area contributed by atoms with Crippen molar-refractivity contribution in [1.82, 2.24) is 19.4 Å². The van der Waals surface area contributed by atoms with E-state index in [1.54, 1.807) is 12.1 Å². The Balaban J connectivity index is 1.29. The molecule has 2 heterocycles. The monoisotopic (exact) mass is 572 g/mol. The predicted octanol–water partition coefficient (Wildman–Crippen LogP) is 4.20. The molecule has 0 N–H and O–H groups in total. The van der Waals surface area contributed by atoms with Crippen molar-refractivity contribution in [3.63, 3.8) is 0 Å². The first-order chi connectivity index (χ1) is 18.7. The Morgan fingerprint density at radius 1 is 1.15 bits per heavy atom. The summed E-state index contributed by atoms with van der Waals surface area (Å²) >= 11 is 12.2. The summed E-state index contributed by atoms with van der Waals surface area (Å²) in [5, 5.41) is 0.929. The number of carbonyl (C=O) groups excluding carboxylic acids is 2. The molecule has 2 amide bonds. The predicted molar refractivity (Wildman–Crippen MR) is 151 cm³/mol. The number of benzene rings is 1. The van der Waals surface area contributed by atoms with E-state index in [4.69, 9.17) is 27.9 Å². The zero-order chi connectivity index (χ0) is 27.7. The molecule has 2 fully saturated rings. The maximum Gasteiger partial charge on any atom is 0.257 e. The molecule has 2 aliphatic carbocycles. The minimum Gasteiger partial charge on any atom is -0.375 e. The number of allylic oxidation sites excluding steroid dienone is 1. The summed E-state index contributed by atoms with van der Waals surface area (Å²) in [5.41, 5.74) is 1.83. The minimum absolute atomic E-state index is 0.0155. The highest BCUT2D eigenvalue weighted by molar-refractivity contribution is 6.42. The Labute approximate surface area is 238 Å². The van der Waals surface area contributed by atoms with Crippen molar-refractivity contribution in [3.05, 3.63) is 67.8 Å². The first-order valence-electron chi connectivity index (χ1n) is 13.5. The molecule has 2 aromatic rings. The normalized spacial score (nSPS) is 21.1. The summed E-state index contributed by atoms with van der Waals surface area (Å²) in [6, 6.07) is 5.55. The second kappa shape index (κ2) is 11.4. The lowest BCUT2D eigenvalue weighted by atomic mass is 9.67. The Morgan fingerprint density at radius 2 is 1.90 bits per heavy atom. The van der Waals surface area contributed by atoms with Gasteiger partial charge in [-0.3, -0.25) is 19.0 Å². The molecule has 1 aromatic carbocycles. The van der Waals surface area contributed by atoms with Crippen LogP contribution in [-0.2, 0) is 33.8 Å². The average molecular weight is 574 g/mol. The number of carbonyl (C=O) groups is 2. The Hall–Kier alpha value is -2.68. The summed E-state index contributed by atoms with van der Waals surface area (Å²) in [6.45, 7) is 4.01. The van der Waals surface area contributed by atoms with Crippen LogP contribution in [0, 0.1) is 11.3 Å². The lowest BCUT2D eigenvalue weighted by molar-refractivity contribution is -0.137. The molecule has 3 aliphatic rings. The number of rotatable bonds is 8. The second-order valence-electron chi connectivity index (χ2n) is 11.1. The molecule has 1 aliphatic heterocycles. The number of halogens is 2. The standard InChI is InChI=1S/C29H34Cl2N4O4/c1-29(20-8-11-33(12-9-20)27(37)17-39-2)10-7-25-22(14-29)28(38)34(18-32-25)16-26(36)35(21-4-5-21)15-19-3-6-23(30)24(31)13-19/h3,6-7,10,13,18,20-21H,4-5,8-9,11-12,14-17H2,1-2H3. The first-order valence-corrected chi connectivity index (χ1v) is 14.2. The van der Waals surface area contributed by atoms with Crippen LogP contribution < -0.4 is 5.56 Å². The third kappa shape index (κ3) is 6.08. The van der Waals surface area contributed by atoms with Crippen molar-refractivity contribution in [2.45, 2.75) is 58.2 Å². The lowest BCUT2D eigenvalue weighted by Gasteiger charge is -2.42. The van der Waals surface area contributed by atoms with Gasteiger partial charge in [0.1, 0.15) is 13.2 Å². The molecule has 8 nitrogen and oxygen atoms in total. The maximum atomic E-state index is 13.6. The number of hydrogen-bond donors (Lipinski definition) is 0. The molecule has 10 heteroatoms. The topological polar surface area (TPSA) is 84.7 Å². The van der Waals surface area contributed by atoms with Gasteiger partial charge in [-0.15, -0.1) is 0 Å². The van der Waals surface area contributed by atoms with Crippen molar-refractivity contribution in [2.75, 3.05) is 26.8 Å². The van der Waals surface area contributed by atoms with Crippen molar-refractivity contribution in [3.8, 4) is 0 Å². The number of methoxy groups -OCH3 is 1. The van der Waals surface area contributed by atoms with Crippen molar-refractivity contribution < 1.29 is 14.3 Å². The van der Waals surface area contributed by atoms with Crippen LogP contribution in [0.2, 0.25) is 10.0 Å². The Bertz CT molecular complexity index is 1350. The third-order valence-corrected chi connectivity index (χ3v) is 9.08.